The molecule has 0 bridgehead atoms. The normalized spacial score (nSPS) is 11.1. The van der Waals surface area contributed by atoms with Gasteiger partial charge in [-0.2, -0.15) is 0 Å². The molecular formula is C25H21N2O8S2-. The third-order valence-corrected chi connectivity index (χ3v) is 7.69. The summed E-state index contributed by atoms with van der Waals surface area (Å²) < 4.78 is 11.4. The maximum atomic E-state index is 13.6. The Labute approximate surface area is 218 Å². The third kappa shape index (κ3) is 5.02. The van der Waals surface area contributed by atoms with Gasteiger partial charge in [0.15, 0.2) is 11.4 Å². The van der Waals surface area contributed by atoms with E-state index in [0.29, 0.717) is 21.0 Å². The Morgan fingerprint density at radius 1 is 1.24 bits per heavy atom. The van der Waals surface area contributed by atoms with Crippen LogP contribution in [0.4, 0.5) is 0 Å². The number of ether oxygens (including phenoxy) is 2. The van der Waals surface area contributed by atoms with Crippen molar-refractivity contribution in [2.45, 2.75) is 25.2 Å². The zero-order chi connectivity index (χ0) is 26.9. The average Bonchev–Trinajstić information content (AvgIpc) is 3.20. The SMILES string of the molecule is CCOC(=O)c1sc2nc3c(SCCC(=O)[O-])cc(C(=O)c4cc(OC)ccc4O)cn3c(=O)c2c1C. The summed E-state index contributed by atoms with van der Waals surface area (Å²) in [4.78, 5) is 55.9. The number of pyridine rings is 1. The van der Waals surface area contributed by atoms with Crippen LogP contribution in [0.3, 0.4) is 0 Å². The Morgan fingerprint density at radius 2 is 2.00 bits per heavy atom. The van der Waals surface area contributed by atoms with Gasteiger partial charge in [-0.25, -0.2) is 9.78 Å². The molecule has 4 rings (SSSR count). The first kappa shape index (κ1) is 26.2. The molecule has 1 N–H and O–H groups in total. The number of aliphatic carboxylic acids is 1. The lowest BCUT2D eigenvalue weighted by atomic mass is 10.0. The van der Waals surface area contributed by atoms with E-state index in [0.717, 1.165) is 23.1 Å². The van der Waals surface area contributed by atoms with Crippen molar-refractivity contribution >= 4 is 56.7 Å². The number of aromatic nitrogens is 2. The van der Waals surface area contributed by atoms with Crippen LogP contribution in [-0.2, 0) is 9.53 Å². The minimum Gasteiger partial charge on any atom is -0.550 e. The van der Waals surface area contributed by atoms with Gasteiger partial charge in [-0.05, 0) is 50.1 Å². The molecule has 0 aliphatic heterocycles. The van der Waals surface area contributed by atoms with E-state index in [1.807, 2.05) is 0 Å². The van der Waals surface area contributed by atoms with Crippen LogP contribution in [0.5, 0.6) is 11.5 Å². The fourth-order valence-corrected chi connectivity index (χ4v) is 5.75. The molecule has 0 saturated heterocycles. The molecule has 0 aliphatic rings. The molecule has 0 spiro atoms. The highest BCUT2D eigenvalue weighted by molar-refractivity contribution is 7.99. The average molecular weight is 542 g/mol. The number of carbonyl (C=O) groups is 3. The minimum atomic E-state index is -1.24. The number of nitrogens with zero attached hydrogens (tertiary/aromatic N) is 2. The number of fused-ring (bicyclic) bond motifs is 2. The number of aromatic hydroxyl groups is 1. The minimum absolute atomic E-state index is 0.0391. The largest absolute Gasteiger partial charge is 0.550 e. The van der Waals surface area contributed by atoms with E-state index in [1.54, 1.807) is 13.8 Å². The number of esters is 1. The number of carboxylic acid groups (broad SMARTS) is 1. The number of phenols is 1. The fraction of sp³-hybridized carbons (Fsp3) is 0.240. The molecule has 0 atom stereocenters. The topological polar surface area (TPSA) is 147 Å². The summed E-state index contributed by atoms with van der Waals surface area (Å²) in [5.74, 6) is -2.21. The van der Waals surface area contributed by atoms with E-state index in [4.69, 9.17) is 9.47 Å². The van der Waals surface area contributed by atoms with Crippen molar-refractivity contribution in [2.24, 2.45) is 0 Å². The number of ketones is 1. The highest BCUT2D eigenvalue weighted by atomic mass is 32.2. The Morgan fingerprint density at radius 3 is 2.68 bits per heavy atom. The number of thioether (sulfide) groups is 1. The van der Waals surface area contributed by atoms with Crippen LogP contribution in [-0.4, -0.2) is 51.7 Å². The number of hydrogen-bond acceptors (Lipinski definition) is 11. The predicted octanol–water partition coefficient (Wildman–Crippen LogP) is 2.57. The first-order chi connectivity index (χ1) is 17.7. The number of thiophene rings is 1. The van der Waals surface area contributed by atoms with Crippen molar-refractivity contribution < 1.29 is 34.1 Å². The number of aryl methyl sites for hydroxylation is 1. The highest BCUT2D eigenvalue weighted by Crippen LogP contribution is 2.32. The van der Waals surface area contributed by atoms with Crippen LogP contribution in [0.1, 0.15) is 44.5 Å². The number of phenolic OH excluding ortho intramolecular Hbond substituents is 1. The number of carbonyl (C=O) groups excluding carboxylic acids is 3. The molecule has 0 aliphatic carbocycles. The maximum Gasteiger partial charge on any atom is 0.348 e. The molecule has 12 heteroatoms. The Balaban J connectivity index is 1.95. The molecule has 0 amide bonds. The zero-order valence-electron chi connectivity index (χ0n) is 20.0. The molecule has 0 saturated carbocycles. The molecule has 4 aromatic rings. The lowest BCUT2D eigenvalue weighted by Crippen LogP contribution is -2.22. The van der Waals surface area contributed by atoms with Crippen molar-refractivity contribution in [3.05, 3.63) is 62.4 Å². The monoisotopic (exact) mass is 541 g/mol. The van der Waals surface area contributed by atoms with Crippen LogP contribution < -0.4 is 15.4 Å². The second-order valence-corrected chi connectivity index (χ2v) is 9.98. The number of hydrogen-bond donors (Lipinski definition) is 1. The smallest absolute Gasteiger partial charge is 0.348 e. The molecule has 0 unspecified atom stereocenters. The van der Waals surface area contributed by atoms with Gasteiger partial charge in [0.2, 0.25) is 0 Å². The summed E-state index contributed by atoms with van der Waals surface area (Å²) in [7, 11) is 1.42. The van der Waals surface area contributed by atoms with E-state index in [9.17, 15) is 29.4 Å². The summed E-state index contributed by atoms with van der Waals surface area (Å²) in [6.45, 7) is 3.47. The third-order valence-electron chi connectivity index (χ3n) is 5.51. The lowest BCUT2D eigenvalue weighted by molar-refractivity contribution is -0.305. The molecule has 37 heavy (non-hydrogen) atoms. The Kier molecular flexibility index (Phi) is 7.50. The van der Waals surface area contributed by atoms with Crippen LogP contribution >= 0.6 is 23.1 Å². The summed E-state index contributed by atoms with van der Waals surface area (Å²) in [5.41, 5.74) is 0.134. The summed E-state index contributed by atoms with van der Waals surface area (Å²) >= 11 is 2.12. The first-order valence-corrected chi connectivity index (χ1v) is 12.9. The van der Waals surface area contributed by atoms with E-state index < -0.39 is 23.3 Å². The van der Waals surface area contributed by atoms with E-state index in [2.05, 4.69) is 4.98 Å². The van der Waals surface area contributed by atoms with Crippen LogP contribution in [0.2, 0.25) is 0 Å². The molecule has 10 nitrogen and oxygen atoms in total. The Bertz CT molecular complexity index is 1620. The summed E-state index contributed by atoms with van der Waals surface area (Å²) in [5, 5.41) is 21.5. The standard InChI is InChI=1S/C25H22N2O8S2/c1-4-35-25(33)21-12(2)19-23(37-21)26-22-17(36-8-7-18(29)30)9-13(11-27(22)24(19)32)20(31)15-10-14(34-3)5-6-16(15)28/h5-6,9-11,28H,4,7-8H2,1-3H3,(H,29,30)/p-1. The van der Waals surface area contributed by atoms with Crippen LogP contribution in [0.15, 0.2) is 40.2 Å². The zero-order valence-corrected chi connectivity index (χ0v) is 21.7. The van der Waals surface area contributed by atoms with Crippen molar-refractivity contribution in [1.29, 1.82) is 0 Å². The van der Waals surface area contributed by atoms with E-state index in [1.165, 1.54) is 42.0 Å². The van der Waals surface area contributed by atoms with Crippen molar-refractivity contribution in [3.63, 3.8) is 0 Å². The van der Waals surface area contributed by atoms with Gasteiger partial charge in [-0.15, -0.1) is 23.1 Å². The van der Waals surface area contributed by atoms with Crippen LogP contribution in [0.25, 0.3) is 15.9 Å². The maximum absolute atomic E-state index is 13.6. The quantitative estimate of drug-likeness (QED) is 0.190. The molecule has 192 valence electrons. The fourth-order valence-electron chi connectivity index (χ4n) is 3.72. The van der Waals surface area contributed by atoms with Crippen molar-refractivity contribution in [1.82, 2.24) is 9.38 Å². The number of methoxy groups -OCH3 is 1. The van der Waals surface area contributed by atoms with Gasteiger partial charge in [0, 0.05) is 23.5 Å². The number of rotatable bonds is 9. The van der Waals surface area contributed by atoms with Crippen molar-refractivity contribution in [3.8, 4) is 11.5 Å². The molecule has 3 heterocycles. The van der Waals surface area contributed by atoms with Gasteiger partial charge in [-0.1, -0.05) is 0 Å². The second kappa shape index (κ2) is 10.6. The summed E-state index contributed by atoms with van der Waals surface area (Å²) in [6.07, 6.45) is 1.05. The molecule has 1 aromatic carbocycles. The number of benzene rings is 1. The van der Waals surface area contributed by atoms with Gasteiger partial charge < -0.3 is 24.5 Å². The molecule has 3 aromatic heterocycles. The van der Waals surface area contributed by atoms with Crippen LogP contribution in [0, 0.1) is 6.92 Å². The van der Waals surface area contributed by atoms with Gasteiger partial charge in [0.25, 0.3) is 5.56 Å². The molecular weight excluding hydrogens is 520 g/mol. The lowest BCUT2D eigenvalue weighted by Gasteiger charge is -2.12. The highest BCUT2D eigenvalue weighted by Gasteiger charge is 2.23. The summed E-state index contributed by atoms with van der Waals surface area (Å²) in [6, 6.07) is 5.69. The van der Waals surface area contributed by atoms with E-state index >= 15 is 0 Å². The van der Waals surface area contributed by atoms with E-state index in [-0.39, 0.29) is 51.6 Å². The Hall–Kier alpha value is -3.90. The van der Waals surface area contributed by atoms with Gasteiger partial charge >= 0.3 is 5.97 Å². The first-order valence-electron chi connectivity index (χ1n) is 11.1. The van der Waals surface area contributed by atoms with Gasteiger partial charge in [0.1, 0.15) is 21.2 Å². The van der Waals surface area contributed by atoms with Gasteiger partial charge in [0.05, 0.1) is 29.6 Å². The second-order valence-electron chi connectivity index (χ2n) is 7.84. The predicted molar refractivity (Wildman–Crippen MR) is 136 cm³/mol. The molecule has 0 radical (unpaired) electrons. The van der Waals surface area contributed by atoms with Crippen molar-refractivity contribution in [2.75, 3.05) is 19.5 Å². The van der Waals surface area contributed by atoms with Gasteiger partial charge in [-0.3, -0.25) is 14.0 Å². The molecule has 0 fully saturated rings. The number of carboxylic acids is 1.